The van der Waals surface area contributed by atoms with Crippen LogP contribution < -0.4 is 9.46 Å². The minimum Gasteiger partial charge on any atom is -0.495 e. The van der Waals surface area contributed by atoms with Gasteiger partial charge in [-0.15, -0.1) is 0 Å². The zero-order chi connectivity index (χ0) is 20.5. The van der Waals surface area contributed by atoms with E-state index in [4.69, 9.17) is 4.74 Å². The topological polar surface area (TPSA) is 71.2 Å². The maximum atomic E-state index is 12.9. The van der Waals surface area contributed by atoms with Gasteiger partial charge in [-0.2, -0.15) is 0 Å². The number of fused-ring (bicyclic) bond motifs is 1. The number of ether oxygens (including phenoxy) is 1. The van der Waals surface area contributed by atoms with Crippen LogP contribution >= 0.6 is 15.9 Å². The van der Waals surface area contributed by atoms with Crippen LogP contribution in [0.3, 0.4) is 0 Å². The molecule has 0 bridgehead atoms. The fourth-order valence-corrected chi connectivity index (χ4v) is 4.92. The highest BCUT2D eigenvalue weighted by Gasteiger charge is 2.21. The highest BCUT2D eigenvalue weighted by Crippen LogP contribution is 2.29. The molecular formula is C21H25BrN2O3S. The molecule has 0 fully saturated rings. The van der Waals surface area contributed by atoms with Gasteiger partial charge in [-0.3, -0.25) is 0 Å². The number of halogens is 1. The minimum absolute atomic E-state index is 0.180. The van der Waals surface area contributed by atoms with Gasteiger partial charge in [-0.25, -0.2) is 13.1 Å². The number of rotatable bonds is 7. The van der Waals surface area contributed by atoms with Crippen molar-refractivity contribution in [3.8, 4) is 5.75 Å². The Hall–Kier alpha value is -1.83. The van der Waals surface area contributed by atoms with Gasteiger partial charge in [0.15, 0.2) is 0 Å². The first-order chi connectivity index (χ1) is 13.2. The summed E-state index contributed by atoms with van der Waals surface area (Å²) in [5.41, 5.74) is 4.16. The quantitative estimate of drug-likeness (QED) is 0.522. The Labute approximate surface area is 174 Å². The molecule has 0 atom stereocenters. The van der Waals surface area contributed by atoms with Crippen LogP contribution in [0.2, 0.25) is 0 Å². The summed E-state index contributed by atoms with van der Waals surface area (Å²) < 4.78 is 34.8. The molecule has 7 heteroatoms. The highest BCUT2D eigenvalue weighted by atomic mass is 79.9. The van der Waals surface area contributed by atoms with E-state index in [1.54, 1.807) is 12.1 Å². The molecule has 1 heterocycles. The van der Waals surface area contributed by atoms with Crippen molar-refractivity contribution in [2.45, 2.75) is 38.0 Å². The van der Waals surface area contributed by atoms with Gasteiger partial charge in [0, 0.05) is 27.6 Å². The molecular weight excluding hydrogens is 440 g/mol. The predicted octanol–water partition coefficient (Wildman–Crippen LogP) is 4.89. The lowest BCUT2D eigenvalue weighted by Crippen LogP contribution is -2.26. The summed E-state index contributed by atoms with van der Waals surface area (Å²) in [4.78, 5) is 3.53. The van der Waals surface area contributed by atoms with Crippen LogP contribution in [0.1, 0.15) is 36.6 Å². The number of aryl methyl sites for hydroxylation is 1. The zero-order valence-corrected chi connectivity index (χ0v) is 18.9. The molecule has 0 aliphatic carbocycles. The van der Waals surface area contributed by atoms with Gasteiger partial charge in [0.05, 0.1) is 7.11 Å². The van der Waals surface area contributed by atoms with Crippen LogP contribution in [0.15, 0.2) is 45.8 Å². The van der Waals surface area contributed by atoms with Crippen LogP contribution in [0.25, 0.3) is 10.9 Å². The second kappa shape index (κ2) is 8.27. The van der Waals surface area contributed by atoms with E-state index in [1.165, 1.54) is 7.11 Å². The molecule has 0 amide bonds. The van der Waals surface area contributed by atoms with E-state index in [1.807, 2.05) is 39.0 Å². The Morgan fingerprint density at radius 2 is 1.93 bits per heavy atom. The maximum Gasteiger partial charge on any atom is 0.244 e. The first-order valence-corrected chi connectivity index (χ1v) is 11.4. The Morgan fingerprint density at radius 1 is 1.18 bits per heavy atom. The molecule has 0 radical (unpaired) electrons. The Kier molecular flexibility index (Phi) is 6.17. The van der Waals surface area contributed by atoms with Gasteiger partial charge in [0.25, 0.3) is 0 Å². The molecule has 0 aliphatic heterocycles. The van der Waals surface area contributed by atoms with Crippen molar-refractivity contribution in [3.05, 3.63) is 57.7 Å². The summed E-state index contributed by atoms with van der Waals surface area (Å²) in [5, 5.41) is 1.10. The van der Waals surface area contributed by atoms with E-state index in [-0.39, 0.29) is 10.8 Å². The number of benzene rings is 2. The standard InChI is InChI=1S/C21H25BrN2O3S/c1-13(2)15-5-8-20(27-4)21(11-15)28(25,26)23-10-9-17-14(3)24-19-7-6-16(22)12-18(17)19/h5-8,11-13,23-24H,9-10H2,1-4H3. The monoisotopic (exact) mass is 464 g/mol. The lowest BCUT2D eigenvalue weighted by molar-refractivity contribution is 0.402. The summed E-state index contributed by atoms with van der Waals surface area (Å²) in [7, 11) is -2.20. The molecule has 3 rings (SSSR count). The molecule has 2 aromatic carbocycles. The van der Waals surface area contributed by atoms with E-state index < -0.39 is 10.0 Å². The van der Waals surface area contributed by atoms with Crippen LogP contribution in [0, 0.1) is 6.92 Å². The third-order valence-corrected chi connectivity index (χ3v) is 6.87. The number of hydrogen-bond donors (Lipinski definition) is 2. The summed E-state index contributed by atoms with van der Waals surface area (Å²) in [6, 6.07) is 11.4. The SMILES string of the molecule is COc1ccc(C(C)C)cc1S(=O)(=O)NCCc1c(C)[nH]c2ccc(Br)cc12. The molecule has 2 N–H and O–H groups in total. The second-order valence-electron chi connectivity index (χ2n) is 7.13. The molecule has 0 aliphatic rings. The van der Waals surface area contributed by atoms with Crippen LogP contribution in [0.4, 0.5) is 0 Å². The summed E-state index contributed by atoms with van der Waals surface area (Å²) >= 11 is 3.50. The van der Waals surface area contributed by atoms with Gasteiger partial charge in [0.1, 0.15) is 10.6 Å². The Morgan fingerprint density at radius 3 is 2.61 bits per heavy atom. The molecule has 0 spiro atoms. The van der Waals surface area contributed by atoms with Gasteiger partial charge >= 0.3 is 0 Å². The molecule has 5 nitrogen and oxygen atoms in total. The first kappa shape index (κ1) is 20.9. The maximum absolute atomic E-state index is 12.9. The molecule has 0 saturated heterocycles. The van der Waals surface area contributed by atoms with Crippen molar-refractivity contribution in [1.82, 2.24) is 9.71 Å². The lowest BCUT2D eigenvalue weighted by Gasteiger charge is -2.14. The third kappa shape index (κ3) is 4.26. The van der Waals surface area contributed by atoms with Crippen molar-refractivity contribution >= 4 is 36.9 Å². The van der Waals surface area contributed by atoms with Crippen molar-refractivity contribution in [2.24, 2.45) is 0 Å². The average molecular weight is 465 g/mol. The van der Waals surface area contributed by atoms with E-state index in [0.29, 0.717) is 18.7 Å². The third-order valence-electron chi connectivity index (χ3n) is 4.89. The second-order valence-corrected chi connectivity index (χ2v) is 9.78. The van der Waals surface area contributed by atoms with Gasteiger partial charge in [-0.05, 0) is 60.7 Å². The first-order valence-electron chi connectivity index (χ1n) is 9.17. The van der Waals surface area contributed by atoms with Gasteiger partial charge in [0.2, 0.25) is 10.0 Å². The molecule has 150 valence electrons. The number of sulfonamides is 1. The van der Waals surface area contributed by atoms with E-state index >= 15 is 0 Å². The number of H-pyrrole nitrogens is 1. The fraction of sp³-hybridized carbons (Fsp3) is 0.333. The molecule has 28 heavy (non-hydrogen) atoms. The minimum atomic E-state index is -3.68. The fourth-order valence-electron chi connectivity index (χ4n) is 3.33. The smallest absolute Gasteiger partial charge is 0.244 e. The predicted molar refractivity (Wildman–Crippen MR) is 117 cm³/mol. The number of nitrogens with one attached hydrogen (secondary N) is 2. The van der Waals surface area contributed by atoms with Crippen LogP contribution in [-0.2, 0) is 16.4 Å². The zero-order valence-electron chi connectivity index (χ0n) is 16.5. The molecule has 1 aromatic heterocycles. The summed E-state index contributed by atoms with van der Waals surface area (Å²) in [5.74, 6) is 0.580. The van der Waals surface area contributed by atoms with Crippen molar-refractivity contribution in [1.29, 1.82) is 0 Å². The average Bonchev–Trinajstić information content (AvgIpc) is 2.96. The van der Waals surface area contributed by atoms with Gasteiger partial charge in [-0.1, -0.05) is 35.8 Å². The van der Waals surface area contributed by atoms with Gasteiger partial charge < -0.3 is 9.72 Å². The molecule has 0 saturated carbocycles. The van der Waals surface area contributed by atoms with E-state index in [0.717, 1.165) is 32.2 Å². The number of methoxy groups -OCH3 is 1. The number of aromatic amines is 1. The summed E-state index contributed by atoms with van der Waals surface area (Å²) in [6.45, 7) is 6.37. The van der Waals surface area contributed by atoms with Crippen molar-refractivity contribution < 1.29 is 13.2 Å². The van der Waals surface area contributed by atoms with Crippen LogP contribution in [0.5, 0.6) is 5.75 Å². The van der Waals surface area contributed by atoms with E-state index in [9.17, 15) is 8.42 Å². The molecule has 3 aromatic rings. The number of hydrogen-bond acceptors (Lipinski definition) is 3. The highest BCUT2D eigenvalue weighted by molar-refractivity contribution is 9.10. The Bertz CT molecular complexity index is 1100. The Balaban J connectivity index is 1.82. The largest absolute Gasteiger partial charge is 0.495 e. The number of aromatic nitrogens is 1. The lowest BCUT2D eigenvalue weighted by atomic mass is 10.0. The van der Waals surface area contributed by atoms with Crippen molar-refractivity contribution in [3.63, 3.8) is 0 Å². The van der Waals surface area contributed by atoms with E-state index in [2.05, 4.69) is 31.7 Å². The normalized spacial score (nSPS) is 12.1. The van der Waals surface area contributed by atoms with Crippen LogP contribution in [-0.4, -0.2) is 27.1 Å². The molecule has 0 unspecified atom stereocenters. The summed E-state index contributed by atoms with van der Waals surface area (Å²) in [6.07, 6.45) is 0.591. The van der Waals surface area contributed by atoms with Crippen molar-refractivity contribution in [2.75, 3.05) is 13.7 Å².